The zero-order chi connectivity index (χ0) is 14.9. The Morgan fingerprint density at radius 1 is 0.952 bits per heavy atom. The maximum Gasteiger partial charge on any atom is 0.0896 e. The first-order chi connectivity index (χ1) is 10.1. The zero-order valence-corrected chi connectivity index (χ0v) is 12.3. The number of pyridine rings is 1. The van der Waals surface area contributed by atoms with E-state index in [1.807, 2.05) is 48.5 Å². The van der Waals surface area contributed by atoms with E-state index in [0.717, 1.165) is 22.0 Å². The molecule has 1 unspecified atom stereocenters. The Morgan fingerprint density at radius 2 is 1.62 bits per heavy atom. The Labute approximate surface area is 125 Å². The maximum absolute atomic E-state index is 10.8. The second-order valence-corrected chi connectivity index (χ2v) is 5.95. The third-order valence-corrected chi connectivity index (χ3v) is 4.13. The first-order valence-corrected chi connectivity index (χ1v) is 7.17. The number of hydrogen-bond acceptors (Lipinski definition) is 2. The third-order valence-electron chi connectivity index (χ3n) is 4.13. The molecule has 3 rings (SSSR count). The van der Waals surface area contributed by atoms with E-state index in [1.165, 1.54) is 0 Å². The van der Waals surface area contributed by atoms with Crippen molar-refractivity contribution in [3.63, 3.8) is 0 Å². The molecule has 1 heterocycles. The second-order valence-electron chi connectivity index (χ2n) is 5.95. The highest BCUT2D eigenvalue weighted by Crippen LogP contribution is 2.37. The molecule has 1 atom stereocenters. The van der Waals surface area contributed by atoms with E-state index in [-0.39, 0.29) is 5.41 Å². The van der Waals surface area contributed by atoms with Gasteiger partial charge in [0.05, 0.1) is 11.6 Å². The molecule has 0 aliphatic carbocycles. The predicted octanol–water partition coefficient (Wildman–Crippen LogP) is 4.25. The summed E-state index contributed by atoms with van der Waals surface area (Å²) in [6.45, 7) is 4.12. The summed E-state index contributed by atoms with van der Waals surface area (Å²) < 4.78 is 0. The van der Waals surface area contributed by atoms with E-state index in [1.54, 1.807) is 6.20 Å². The van der Waals surface area contributed by atoms with Crippen molar-refractivity contribution >= 4 is 10.9 Å². The third kappa shape index (κ3) is 2.55. The molecule has 1 N–H and O–H groups in total. The molecule has 2 heteroatoms. The fraction of sp³-hybridized carbons (Fsp3) is 0.211. The second kappa shape index (κ2) is 5.30. The summed E-state index contributed by atoms with van der Waals surface area (Å²) in [7, 11) is 0. The maximum atomic E-state index is 10.8. The normalized spacial score (nSPS) is 13.3. The van der Waals surface area contributed by atoms with Crippen molar-refractivity contribution in [2.75, 3.05) is 0 Å². The van der Waals surface area contributed by atoms with Crippen LogP contribution in [0.4, 0.5) is 0 Å². The number of aromatic nitrogens is 1. The first kappa shape index (κ1) is 13.8. The number of benzene rings is 2. The summed E-state index contributed by atoms with van der Waals surface area (Å²) in [6.07, 6.45) is 1.18. The van der Waals surface area contributed by atoms with Crippen LogP contribution in [0.3, 0.4) is 0 Å². The molecule has 2 aromatic carbocycles. The van der Waals surface area contributed by atoms with Gasteiger partial charge in [0.2, 0.25) is 0 Å². The average molecular weight is 277 g/mol. The van der Waals surface area contributed by atoms with Crippen molar-refractivity contribution < 1.29 is 5.11 Å². The molecule has 0 spiro atoms. The van der Waals surface area contributed by atoms with Crippen LogP contribution >= 0.6 is 0 Å². The van der Waals surface area contributed by atoms with Crippen molar-refractivity contribution in [1.29, 1.82) is 0 Å². The fourth-order valence-corrected chi connectivity index (χ4v) is 2.68. The summed E-state index contributed by atoms with van der Waals surface area (Å²) in [5.74, 6) is 0. The SMILES string of the molecule is CC(C)(c1ccccc1)C(O)c1cnc2ccccc2c1. The molecule has 106 valence electrons. The summed E-state index contributed by atoms with van der Waals surface area (Å²) in [6, 6.07) is 20.1. The summed E-state index contributed by atoms with van der Waals surface area (Å²) >= 11 is 0. The van der Waals surface area contributed by atoms with Gasteiger partial charge < -0.3 is 5.11 Å². The van der Waals surface area contributed by atoms with E-state index in [2.05, 4.69) is 31.0 Å². The van der Waals surface area contributed by atoms with Crippen LogP contribution < -0.4 is 0 Å². The predicted molar refractivity (Wildman–Crippen MR) is 86.2 cm³/mol. The number of rotatable bonds is 3. The first-order valence-electron chi connectivity index (χ1n) is 7.17. The molecular formula is C19H19NO. The topological polar surface area (TPSA) is 33.1 Å². The molecule has 0 radical (unpaired) electrons. The largest absolute Gasteiger partial charge is 0.387 e. The Kier molecular flexibility index (Phi) is 3.48. The number of aliphatic hydroxyl groups is 1. The van der Waals surface area contributed by atoms with Gasteiger partial charge in [-0.25, -0.2) is 0 Å². The van der Waals surface area contributed by atoms with Gasteiger partial charge in [-0.15, -0.1) is 0 Å². The molecule has 1 aromatic heterocycles. The summed E-state index contributed by atoms with van der Waals surface area (Å²) in [5.41, 5.74) is 2.55. The highest BCUT2D eigenvalue weighted by atomic mass is 16.3. The zero-order valence-electron chi connectivity index (χ0n) is 12.3. The van der Waals surface area contributed by atoms with Crippen molar-refractivity contribution in [2.24, 2.45) is 0 Å². The van der Waals surface area contributed by atoms with E-state index >= 15 is 0 Å². The molecule has 0 amide bonds. The van der Waals surface area contributed by atoms with Gasteiger partial charge >= 0.3 is 0 Å². The molecule has 0 bridgehead atoms. The lowest BCUT2D eigenvalue weighted by atomic mass is 9.77. The monoisotopic (exact) mass is 277 g/mol. The average Bonchev–Trinajstić information content (AvgIpc) is 2.54. The van der Waals surface area contributed by atoms with Gasteiger partial charge in [0.15, 0.2) is 0 Å². The molecule has 3 aromatic rings. The summed E-state index contributed by atoms with van der Waals surface area (Å²) in [5, 5.41) is 11.9. The molecule has 21 heavy (non-hydrogen) atoms. The Bertz CT molecular complexity index is 750. The molecule has 0 aliphatic rings. The van der Waals surface area contributed by atoms with Gasteiger partial charge in [0, 0.05) is 22.6 Å². The minimum atomic E-state index is -0.600. The molecule has 0 aliphatic heterocycles. The van der Waals surface area contributed by atoms with Crippen molar-refractivity contribution in [1.82, 2.24) is 4.98 Å². The Morgan fingerprint density at radius 3 is 2.38 bits per heavy atom. The highest BCUT2D eigenvalue weighted by Gasteiger charge is 2.31. The quantitative estimate of drug-likeness (QED) is 0.776. The standard InChI is InChI=1S/C19H19NO/c1-19(2,16-9-4-3-5-10-16)18(21)15-12-14-8-6-7-11-17(14)20-13-15/h3-13,18,21H,1-2H3. The highest BCUT2D eigenvalue weighted by molar-refractivity contribution is 5.78. The number of nitrogens with zero attached hydrogens (tertiary/aromatic N) is 1. The van der Waals surface area contributed by atoms with Gasteiger partial charge in [-0.3, -0.25) is 4.98 Å². The van der Waals surface area contributed by atoms with Crippen LogP contribution in [0.15, 0.2) is 66.9 Å². The lowest BCUT2D eigenvalue weighted by Crippen LogP contribution is -2.26. The van der Waals surface area contributed by atoms with E-state index in [0.29, 0.717) is 0 Å². The van der Waals surface area contributed by atoms with Gasteiger partial charge in [-0.1, -0.05) is 62.4 Å². The summed E-state index contributed by atoms with van der Waals surface area (Å²) in [4.78, 5) is 4.45. The number of hydrogen-bond donors (Lipinski definition) is 1. The van der Waals surface area contributed by atoms with Crippen molar-refractivity contribution in [3.8, 4) is 0 Å². The van der Waals surface area contributed by atoms with Gasteiger partial charge in [-0.2, -0.15) is 0 Å². The van der Waals surface area contributed by atoms with E-state index in [4.69, 9.17) is 0 Å². The van der Waals surface area contributed by atoms with Crippen LogP contribution in [0.2, 0.25) is 0 Å². The number of aliphatic hydroxyl groups excluding tert-OH is 1. The van der Waals surface area contributed by atoms with Gasteiger partial charge in [0.25, 0.3) is 0 Å². The Hall–Kier alpha value is -2.19. The van der Waals surface area contributed by atoms with Crippen LogP contribution in [0, 0.1) is 0 Å². The lowest BCUT2D eigenvalue weighted by molar-refractivity contribution is 0.100. The number of fused-ring (bicyclic) bond motifs is 1. The lowest BCUT2D eigenvalue weighted by Gasteiger charge is -2.31. The minimum absolute atomic E-state index is 0.370. The van der Waals surface area contributed by atoms with Crippen LogP contribution in [0.5, 0.6) is 0 Å². The number of para-hydroxylation sites is 1. The smallest absolute Gasteiger partial charge is 0.0896 e. The molecule has 2 nitrogen and oxygen atoms in total. The van der Waals surface area contributed by atoms with Crippen molar-refractivity contribution in [2.45, 2.75) is 25.4 Å². The van der Waals surface area contributed by atoms with Crippen LogP contribution in [-0.2, 0) is 5.41 Å². The van der Waals surface area contributed by atoms with Gasteiger partial charge in [-0.05, 0) is 17.7 Å². The Balaban J connectivity index is 2.01. The fourth-order valence-electron chi connectivity index (χ4n) is 2.68. The molecular weight excluding hydrogens is 258 g/mol. The van der Waals surface area contributed by atoms with Crippen LogP contribution in [0.25, 0.3) is 10.9 Å². The van der Waals surface area contributed by atoms with Gasteiger partial charge in [0.1, 0.15) is 0 Å². The molecule has 0 fully saturated rings. The van der Waals surface area contributed by atoms with Crippen LogP contribution in [-0.4, -0.2) is 10.1 Å². The molecule has 0 saturated heterocycles. The van der Waals surface area contributed by atoms with Crippen LogP contribution in [0.1, 0.15) is 31.1 Å². The molecule has 0 saturated carbocycles. The van der Waals surface area contributed by atoms with E-state index in [9.17, 15) is 5.11 Å². The minimum Gasteiger partial charge on any atom is -0.387 e. The van der Waals surface area contributed by atoms with E-state index < -0.39 is 6.10 Å². The van der Waals surface area contributed by atoms with Crippen molar-refractivity contribution in [3.05, 3.63) is 78.0 Å².